The number of ketones is 1. The van der Waals surface area contributed by atoms with Crippen LogP contribution >= 0.6 is 0 Å². The average Bonchev–Trinajstić information content (AvgIpc) is 3.11. The van der Waals surface area contributed by atoms with Gasteiger partial charge in [0.25, 0.3) is 5.56 Å². The van der Waals surface area contributed by atoms with Crippen LogP contribution in [0.1, 0.15) is 64.1 Å². The van der Waals surface area contributed by atoms with Gasteiger partial charge in [-0.3, -0.25) is 18.7 Å². The Morgan fingerprint density at radius 1 is 1.04 bits per heavy atom. The molecule has 2 aliphatic rings. The van der Waals surface area contributed by atoms with Crippen LogP contribution in [-0.2, 0) is 17.9 Å². The number of carbonyl (C=O) groups is 1. The molecule has 140 valence electrons. The third-order valence-electron chi connectivity index (χ3n) is 5.98. The van der Waals surface area contributed by atoms with Gasteiger partial charge >= 0.3 is 5.69 Å². The molecule has 26 heavy (non-hydrogen) atoms. The molecule has 1 N–H and O–H groups in total. The molecular formula is C19H26N4O3. The number of H-pyrrole nitrogens is 1. The van der Waals surface area contributed by atoms with Crippen LogP contribution in [0.15, 0.2) is 9.59 Å². The van der Waals surface area contributed by atoms with Crippen LogP contribution in [0.5, 0.6) is 0 Å². The highest BCUT2D eigenvalue weighted by Gasteiger charge is 2.46. The lowest BCUT2D eigenvalue weighted by molar-refractivity contribution is -0.125. The second-order valence-electron chi connectivity index (χ2n) is 7.69. The van der Waals surface area contributed by atoms with E-state index < -0.39 is 0 Å². The van der Waals surface area contributed by atoms with Crippen LogP contribution in [0.3, 0.4) is 0 Å². The molecule has 2 heterocycles. The molecule has 2 aromatic heterocycles. The maximum Gasteiger partial charge on any atom is 0.332 e. The average molecular weight is 358 g/mol. The second-order valence-corrected chi connectivity index (χ2v) is 7.69. The van der Waals surface area contributed by atoms with E-state index in [4.69, 9.17) is 0 Å². The summed E-state index contributed by atoms with van der Waals surface area (Å²) in [4.78, 5) is 45.9. The number of hydrogen-bond acceptors (Lipinski definition) is 4. The third kappa shape index (κ3) is 2.47. The van der Waals surface area contributed by atoms with E-state index in [1.807, 2.05) is 13.8 Å². The monoisotopic (exact) mass is 358 g/mol. The number of fused-ring (bicyclic) bond motifs is 3. The summed E-state index contributed by atoms with van der Waals surface area (Å²) in [6.45, 7) is 4.88. The summed E-state index contributed by atoms with van der Waals surface area (Å²) in [7, 11) is 0. The highest BCUT2D eigenvalue weighted by atomic mass is 16.2. The van der Waals surface area contributed by atoms with Crippen molar-refractivity contribution >= 4 is 16.9 Å². The molecule has 0 aromatic carbocycles. The summed E-state index contributed by atoms with van der Waals surface area (Å²) in [5.74, 6) is 1.26. The Balaban J connectivity index is 1.88. The van der Waals surface area contributed by atoms with Crippen molar-refractivity contribution in [3.05, 3.63) is 26.7 Å². The molecule has 7 nitrogen and oxygen atoms in total. The van der Waals surface area contributed by atoms with Gasteiger partial charge in [-0.1, -0.05) is 20.3 Å². The van der Waals surface area contributed by atoms with Gasteiger partial charge in [-0.15, -0.1) is 0 Å². The molecule has 0 saturated heterocycles. The van der Waals surface area contributed by atoms with E-state index in [0.717, 1.165) is 32.1 Å². The van der Waals surface area contributed by atoms with Crippen molar-refractivity contribution in [1.29, 1.82) is 0 Å². The molecule has 3 atom stereocenters. The molecule has 0 amide bonds. The molecule has 2 fully saturated rings. The first-order valence-electron chi connectivity index (χ1n) is 9.83. The zero-order valence-corrected chi connectivity index (χ0v) is 15.5. The summed E-state index contributed by atoms with van der Waals surface area (Å²) in [5.41, 5.74) is 0.254. The summed E-state index contributed by atoms with van der Waals surface area (Å²) in [5, 5.41) is 0. The minimum atomic E-state index is -0.301. The predicted octanol–water partition coefficient (Wildman–Crippen LogP) is 2.18. The van der Waals surface area contributed by atoms with Gasteiger partial charge in [-0.05, 0) is 32.1 Å². The Kier molecular flexibility index (Phi) is 4.32. The van der Waals surface area contributed by atoms with E-state index in [1.54, 1.807) is 4.57 Å². The van der Waals surface area contributed by atoms with E-state index in [-0.39, 0.29) is 29.0 Å². The Hall–Kier alpha value is -2.18. The molecular weight excluding hydrogens is 332 g/mol. The normalized spacial score (nSPS) is 25.3. The molecule has 0 radical (unpaired) electrons. The van der Waals surface area contributed by atoms with E-state index in [9.17, 15) is 14.4 Å². The molecule has 3 unspecified atom stereocenters. The zero-order valence-electron chi connectivity index (χ0n) is 15.5. The summed E-state index contributed by atoms with van der Waals surface area (Å²) in [6, 6.07) is 0. The SMILES string of the molecule is CCCn1c(=O)c2[nH]c(C3CC4CCCC3C4=O)nc2n(CCC)c1=O. The van der Waals surface area contributed by atoms with Gasteiger partial charge in [0.1, 0.15) is 17.1 Å². The van der Waals surface area contributed by atoms with E-state index in [2.05, 4.69) is 9.97 Å². The van der Waals surface area contributed by atoms with Gasteiger partial charge in [-0.25, -0.2) is 9.78 Å². The van der Waals surface area contributed by atoms with Crippen LogP contribution in [-0.4, -0.2) is 24.9 Å². The van der Waals surface area contributed by atoms with Gasteiger partial charge in [0.2, 0.25) is 0 Å². The Labute approximate surface area is 151 Å². The maximum absolute atomic E-state index is 12.8. The molecule has 7 heteroatoms. The first kappa shape index (κ1) is 17.2. The summed E-state index contributed by atoms with van der Waals surface area (Å²) >= 11 is 0. The fourth-order valence-corrected chi connectivity index (χ4v) is 4.78. The first-order chi connectivity index (χ1) is 12.6. The quantitative estimate of drug-likeness (QED) is 0.887. The minimum Gasteiger partial charge on any atom is -0.336 e. The van der Waals surface area contributed by atoms with Crippen molar-refractivity contribution in [2.45, 2.75) is 71.4 Å². The molecule has 2 bridgehead atoms. The van der Waals surface area contributed by atoms with Gasteiger partial charge in [-0.2, -0.15) is 0 Å². The fraction of sp³-hybridized carbons (Fsp3) is 0.684. The molecule has 2 saturated carbocycles. The smallest absolute Gasteiger partial charge is 0.332 e. The summed E-state index contributed by atoms with van der Waals surface area (Å²) < 4.78 is 2.91. The lowest BCUT2D eigenvalue weighted by Crippen LogP contribution is -2.40. The van der Waals surface area contributed by atoms with Crippen molar-refractivity contribution in [3.8, 4) is 0 Å². The predicted molar refractivity (Wildman–Crippen MR) is 98.4 cm³/mol. The second kappa shape index (κ2) is 6.52. The number of aryl methyl sites for hydroxylation is 1. The molecule has 2 aromatic rings. The van der Waals surface area contributed by atoms with Crippen LogP contribution < -0.4 is 11.2 Å². The van der Waals surface area contributed by atoms with Crippen molar-refractivity contribution in [1.82, 2.24) is 19.1 Å². The number of hydrogen-bond donors (Lipinski definition) is 1. The standard InChI is InChI=1S/C19H26N4O3/c1-3-8-22-17-14(18(25)23(9-4-2)19(22)26)20-16(21-17)13-10-11-6-5-7-12(13)15(11)24/h11-13H,3-10H2,1-2H3,(H,20,21). The number of aromatic nitrogens is 4. The van der Waals surface area contributed by atoms with Gasteiger partial charge in [0.15, 0.2) is 5.65 Å². The number of carbonyl (C=O) groups excluding carboxylic acids is 1. The van der Waals surface area contributed by atoms with Crippen molar-refractivity contribution in [2.24, 2.45) is 11.8 Å². The largest absolute Gasteiger partial charge is 0.336 e. The number of imidazole rings is 1. The first-order valence-corrected chi connectivity index (χ1v) is 9.83. The van der Waals surface area contributed by atoms with Gasteiger partial charge < -0.3 is 4.98 Å². The Morgan fingerprint density at radius 3 is 2.46 bits per heavy atom. The Bertz CT molecular complexity index is 968. The van der Waals surface area contributed by atoms with Crippen molar-refractivity contribution < 1.29 is 4.79 Å². The van der Waals surface area contributed by atoms with E-state index >= 15 is 0 Å². The lowest BCUT2D eigenvalue weighted by Gasteiger charge is -2.18. The fourth-order valence-electron chi connectivity index (χ4n) is 4.78. The number of aromatic amines is 1. The third-order valence-corrected chi connectivity index (χ3v) is 5.98. The van der Waals surface area contributed by atoms with Crippen molar-refractivity contribution in [2.75, 3.05) is 0 Å². The number of nitrogens with zero attached hydrogens (tertiary/aromatic N) is 3. The van der Waals surface area contributed by atoms with Crippen LogP contribution in [0, 0.1) is 11.8 Å². The maximum atomic E-state index is 12.8. The molecule has 0 aliphatic heterocycles. The summed E-state index contributed by atoms with van der Waals surface area (Å²) in [6.07, 6.45) is 5.27. The molecule has 2 aliphatic carbocycles. The molecule has 0 spiro atoms. The minimum absolute atomic E-state index is 0.0125. The van der Waals surface area contributed by atoms with Crippen LogP contribution in [0.4, 0.5) is 0 Å². The number of rotatable bonds is 5. The highest BCUT2D eigenvalue weighted by Crippen LogP contribution is 2.47. The Morgan fingerprint density at radius 2 is 1.77 bits per heavy atom. The topological polar surface area (TPSA) is 89.8 Å². The zero-order chi connectivity index (χ0) is 18.4. The van der Waals surface area contributed by atoms with E-state index in [1.165, 1.54) is 4.57 Å². The highest BCUT2D eigenvalue weighted by molar-refractivity contribution is 5.87. The number of nitrogens with one attached hydrogen (secondary N) is 1. The van der Waals surface area contributed by atoms with Gasteiger partial charge in [0, 0.05) is 30.8 Å². The number of Topliss-reactive ketones (excluding diaryl/α,β-unsaturated/α-hetero) is 1. The van der Waals surface area contributed by atoms with Crippen molar-refractivity contribution in [3.63, 3.8) is 0 Å². The van der Waals surface area contributed by atoms with Crippen LogP contribution in [0.25, 0.3) is 11.2 Å². The van der Waals surface area contributed by atoms with Crippen LogP contribution in [0.2, 0.25) is 0 Å². The lowest BCUT2D eigenvalue weighted by atomic mass is 9.85. The van der Waals surface area contributed by atoms with Gasteiger partial charge in [0.05, 0.1) is 0 Å². The molecule has 4 rings (SSSR count). The van der Waals surface area contributed by atoms with E-state index in [0.29, 0.717) is 42.3 Å².